The zero-order valence-corrected chi connectivity index (χ0v) is 21.8. The molecule has 1 aliphatic carbocycles. The second kappa shape index (κ2) is 18.0. The van der Waals surface area contributed by atoms with Crippen LogP contribution in [0.4, 0.5) is 0 Å². The third-order valence-electron chi connectivity index (χ3n) is 7.68. The molecule has 0 amide bonds. The maximum atomic E-state index is 12.7. The van der Waals surface area contributed by atoms with Gasteiger partial charge in [-0.2, -0.15) is 0 Å². The molecule has 0 saturated heterocycles. The Hall–Kier alpha value is -0.530. The molecule has 31 heavy (non-hydrogen) atoms. The zero-order valence-electron chi connectivity index (χ0n) is 21.8. The van der Waals surface area contributed by atoms with Gasteiger partial charge < -0.3 is 4.74 Å². The molecule has 0 aromatic carbocycles. The maximum Gasteiger partial charge on any atom is 0.308 e. The number of unbranched alkanes of at least 4 members (excludes halogenated alkanes) is 12. The van der Waals surface area contributed by atoms with Crippen LogP contribution in [0.15, 0.2) is 0 Å². The lowest BCUT2D eigenvalue weighted by atomic mass is 9.80. The fourth-order valence-electron chi connectivity index (χ4n) is 5.15. The van der Waals surface area contributed by atoms with Crippen molar-refractivity contribution < 1.29 is 9.53 Å². The second-order valence-electron chi connectivity index (χ2n) is 11.1. The van der Waals surface area contributed by atoms with Gasteiger partial charge in [0.25, 0.3) is 0 Å². The van der Waals surface area contributed by atoms with Gasteiger partial charge in [-0.1, -0.05) is 118 Å². The van der Waals surface area contributed by atoms with Crippen LogP contribution in [0.25, 0.3) is 0 Å². The molecule has 0 spiro atoms. The molecule has 1 rings (SSSR count). The van der Waals surface area contributed by atoms with E-state index in [1.54, 1.807) is 0 Å². The van der Waals surface area contributed by atoms with Crippen molar-refractivity contribution >= 4 is 5.97 Å². The van der Waals surface area contributed by atoms with Gasteiger partial charge in [-0.05, 0) is 44.4 Å². The van der Waals surface area contributed by atoms with E-state index in [-0.39, 0.29) is 17.3 Å². The van der Waals surface area contributed by atoms with E-state index in [4.69, 9.17) is 4.74 Å². The molecule has 1 unspecified atom stereocenters. The van der Waals surface area contributed by atoms with E-state index < -0.39 is 0 Å². The molecule has 0 aromatic heterocycles. The molecular weight excluding hydrogens is 380 g/mol. The van der Waals surface area contributed by atoms with E-state index in [0.29, 0.717) is 6.61 Å². The van der Waals surface area contributed by atoms with E-state index in [1.807, 2.05) is 0 Å². The molecule has 2 nitrogen and oxygen atoms in total. The predicted octanol–water partition coefficient (Wildman–Crippen LogP) is 9.64. The van der Waals surface area contributed by atoms with Crippen molar-refractivity contribution in [2.45, 2.75) is 156 Å². The first kappa shape index (κ1) is 28.5. The molecule has 1 aliphatic rings. The lowest BCUT2D eigenvalue weighted by Crippen LogP contribution is -2.29. The summed E-state index contributed by atoms with van der Waals surface area (Å²) in [5.74, 6) is 1.04. The van der Waals surface area contributed by atoms with E-state index in [1.165, 1.54) is 116 Å². The summed E-state index contributed by atoms with van der Waals surface area (Å²) >= 11 is 0. The number of rotatable bonds is 19. The first-order valence-corrected chi connectivity index (χ1v) is 14.2. The molecular formula is C29H56O2. The summed E-state index contributed by atoms with van der Waals surface area (Å²) in [7, 11) is 0. The molecule has 0 aromatic rings. The van der Waals surface area contributed by atoms with Crippen LogP contribution in [-0.2, 0) is 9.53 Å². The Morgan fingerprint density at radius 3 is 1.58 bits per heavy atom. The van der Waals surface area contributed by atoms with Crippen LogP contribution in [0.2, 0.25) is 0 Å². The number of hydrogen-bond acceptors (Lipinski definition) is 2. The number of carbonyl (C=O) groups excluding carboxylic acids is 1. The Balaban J connectivity index is 2.36. The van der Waals surface area contributed by atoms with Gasteiger partial charge in [0.2, 0.25) is 0 Å². The van der Waals surface area contributed by atoms with E-state index in [0.717, 1.165) is 18.8 Å². The summed E-state index contributed by atoms with van der Waals surface area (Å²) in [4.78, 5) is 12.7. The summed E-state index contributed by atoms with van der Waals surface area (Å²) in [5.41, 5.74) is 0.171. The summed E-state index contributed by atoms with van der Waals surface area (Å²) < 4.78 is 5.96. The maximum absolute atomic E-state index is 12.7. The van der Waals surface area contributed by atoms with Gasteiger partial charge in [-0.3, -0.25) is 4.79 Å². The third-order valence-corrected chi connectivity index (χ3v) is 7.68. The molecule has 1 saturated carbocycles. The van der Waals surface area contributed by atoms with Gasteiger partial charge in [0.05, 0.1) is 12.5 Å². The van der Waals surface area contributed by atoms with Gasteiger partial charge in [0.1, 0.15) is 0 Å². The molecule has 0 heterocycles. The number of hydrogen-bond donors (Lipinski definition) is 0. The highest BCUT2D eigenvalue weighted by molar-refractivity contribution is 5.72. The average Bonchev–Trinajstić information content (AvgIpc) is 2.77. The van der Waals surface area contributed by atoms with Crippen molar-refractivity contribution in [2.75, 3.05) is 6.61 Å². The molecule has 1 atom stereocenters. The molecule has 0 bridgehead atoms. The fraction of sp³-hybridized carbons (Fsp3) is 0.966. The molecule has 0 aliphatic heterocycles. The molecule has 184 valence electrons. The Labute approximate surface area is 195 Å². The predicted molar refractivity (Wildman–Crippen MR) is 135 cm³/mol. The standard InChI is InChI=1S/C29H56O2/c1-5-7-9-11-13-14-16-18-24-29(4,23-17-15-12-10-8-6-2)25-31-28(30)27-21-19-26(3)20-22-27/h26-27H,5-25H2,1-4H3. The number of ether oxygens (including phenoxy) is 1. The largest absolute Gasteiger partial charge is 0.465 e. The smallest absolute Gasteiger partial charge is 0.308 e. The van der Waals surface area contributed by atoms with Crippen molar-refractivity contribution in [3.8, 4) is 0 Å². The van der Waals surface area contributed by atoms with Crippen LogP contribution in [-0.4, -0.2) is 12.6 Å². The quantitative estimate of drug-likeness (QED) is 0.149. The minimum atomic E-state index is 0.0944. The van der Waals surface area contributed by atoms with Crippen molar-refractivity contribution in [1.29, 1.82) is 0 Å². The monoisotopic (exact) mass is 436 g/mol. The van der Waals surface area contributed by atoms with Crippen LogP contribution < -0.4 is 0 Å². The minimum absolute atomic E-state index is 0.0944. The number of esters is 1. The average molecular weight is 437 g/mol. The van der Waals surface area contributed by atoms with Crippen molar-refractivity contribution in [3.63, 3.8) is 0 Å². The molecule has 0 radical (unpaired) electrons. The second-order valence-corrected chi connectivity index (χ2v) is 11.1. The Morgan fingerprint density at radius 2 is 1.13 bits per heavy atom. The highest BCUT2D eigenvalue weighted by Gasteiger charge is 2.29. The van der Waals surface area contributed by atoms with Crippen molar-refractivity contribution in [1.82, 2.24) is 0 Å². The third kappa shape index (κ3) is 14.3. The van der Waals surface area contributed by atoms with Gasteiger partial charge in [-0.15, -0.1) is 0 Å². The lowest BCUT2D eigenvalue weighted by molar-refractivity contribution is -0.153. The van der Waals surface area contributed by atoms with Crippen LogP contribution in [0.1, 0.15) is 156 Å². The summed E-state index contributed by atoms with van der Waals surface area (Å²) in [6.45, 7) is 9.90. The van der Waals surface area contributed by atoms with Crippen LogP contribution in [0.5, 0.6) is 0 Å². The van der Waals surface area contributed by atoms with Crippen LogP contribution in [0, 0.1) is 17.3 Å². The van der Waals surface area contributed by atoms with Gasteiger partial charge in [-0.25, -0.2) is 0 Å². The molecule has 0 N–H and O–H groups in total. The topological polar surface area (TPSA) is 26.3 Å². The fourth-order valence-corrected chi connectivity index (χ4v) is 5.15. The minimum Gasteiger partial charge on any atom is -0.465 e. The Morgan fingerprint density at radius 1 is 0.710 bits per heavy atom. The summed E-state index contributed by atoms with van der Waals surface area (Å²) in [5, 5.41) is 0. The highest BCUT2D eigenvalue weighted by atomic mass is 16.5. The van der Waals surface area contributed by atoms with E-state index >= 15 is 0 Å². The summed E-state index contributed by atoms with van der Waals surface area (Å²) in [6, 6.07) is 0. The lowest BCUT2D eigenvalue weighted by Gasteiger charge is -2.31. The van der Waals surface area contributed by atoms with Crippen LogP contribution >= 0.6 is 0 Å². The van der Waals surface area contributed by atoms with Gasteiger partial charge in [0.15, 0.2) is 0 Å². The first-order chi connectivity index (χ1) is 15.0. The Kier molecular flexibility index (Phi) is 16.5. The van der Waals surface area contributed by atoms with E-state index in [9.17, 15) is 4.79 Å². The summed E-state index contributed by atoms with van der Waals surface area (Å²) in [6.07, 6.45) is 25.8. The highest BCUT2D eigenvalue weighted by Crippen LogP contribution is 2.34. The van der Waals surface area contributed by atoms with Crippen LogP contribution in [0.3, 0.4) is 0 Å². The molecule has 1 fully saturated rings. The first-order valence-electron chi connectivity index (χ1n) is 14.2. The zero-order chi connectivity index (χ0) is 22.8. The SMILES string of the molecule is CCCCCCCCCCC(C)(CCCCCCCC)COC(=O)C1CCC(C)CC1. The van der Waals surface area contributed by atoms with Gasteiger partial charge in [0, 0.05) is 5.41 Å². The van der Waals surface area contributed by atoms with E-state index in [2.05, 4.69) is 27.7 Å². The Bertz CT molecular complexity index is 424. The molecule has 2 heteroatoms. The van der Waals surface area contributed by atoms with Crippen molar-refractivity contribution in [3.05, 3.63) is 0 Å². The van der Waals surface area contributed by atoms with Crippen molar-refractivity contribution in [2.24, 2.45) is 17.3 Å². The normalized spacial score (nSPS) is 21.0. The number of carbonyl (C=O) groups is 1. The van der Waals surface area contributed by atoms with Gasteiger partial charge >= 0.3 is 5.97 Å².